The van der Waals surface area contributed by atoms with Gasteiger partial charge in [-0.05, 0) is 24.3 Å². The molecule has 2 aromatic carbocycles. The van der Waals surface area contributed by atoms with Gasteiger partial charge in [-0.3, -0.25) is 4.79 Å². The number of para-hydroxylation sites is 4. The van der Waals surface area contributed by atoms with Crippen LogP contribution >= 0.6 is 0 Å². The van der Waals surface area contributed by atoms with Crippen LogP contribution < -0.4 is 20.9 Å². The fraction of sp³-hybridized carbons (Fsp3) is 0.235. The Morgan fingerprint density at radius 2 is 1.18 bits per heavy atom. The van der Waals surface area contributed by atoms with Gasteiger partial charge in [-0.25, -0.2) is 0 Å². The maximum absolute atomic E-state index is 11.8. The molecule has 0 amide bonds. The van der Waals surface area contributed by atoms with Crippen LogP contribution in [0.3, 0.4) is 0 Å². The quantitative estimate of drug-likeness (QED) is 0.732. The van der Waals surface area contributed by atoms with E-state index < -0.39 is 0 Å². The van der Waals surface area contributed by atoms with E-state index in [1.54, 1.807) is 24.3 Å². The molecule has 116 valence electrons. The summed E-state index contributed by atoms with van der Waals surface area (Å²) in [7, 11) is 0. The van der Waals surface area contributed by atoms with Crippen molar-refractivity contribution in [2.75, 3.05) is 24.7 Å². The number of ketones is 1. The lowest BCUT2D eigenvalue weighted by Gasteiger charge is -2.09. The Hall–Kier alpha value is -2.69. The number of nitrogens with two attached hydrogens (primary N) is 2. The molecule has 2 rings (SSSR count). The molecule has 5 heteroatoms. The molecule has 0 saturated carbocycles. The standard InChI is InChI=1S/C17H20N2O3/c18-14-5-1-3-7-16(14)21-11-9-13(20)10-12-22-17-8-4-2-6-15(17)19/h1-8H,9-12,18-19H2. The lowest BCUT2D eigenvalue weighted by atomic mass is 10.2. The number of hydrogen-bond donors (Lipinski definition) is 2. The first-order valence-corrected chi connectivity index (χ1v) is 7.13. The van der Waals surface area contributed by atoms with E-state index in [9.17, 15) is 4.79 Å². The molecule has 0 aliphatic heterocycles. The highest BCUT2D eigenvalue weighted by atomic mass is 16.5. The van der Waals surface area contributed by atoms with Crippen molar-refractivity contribution >= 4 is 17.2 Å². The fourth-order valence-electron chi connectivity index (χ4n) is 1.90. The maximum atomic E-state index is 11.8. The molecule has 2 aromatic rings. The Bertz CT molecular complexity index is 575. The highest BCUT2D eigenvalue weighted by Gasteiger charge is 2.05. The van der Waals surface area contributed by atoms with Crippen LogP contribution in [-0.4, -0.2) is 19.0 Å². The monoisotopic (exact) mass is 300 g/mol. The minimum atomic E-state index is 0.0732. The molecular weight excluding hydrogens is 280 g/mol. The average Bonchev–Trinajstić information content (AvgIpc) is 2.51. The predicted octanol–water partition coefficient (Wildman–Crippen LogP) is 2.66. The molecule has 5 nitrogen and oxygen atoms in total. The zero-order valence-electron chi connectivity index (χ0n) is 12.3. The highest BCUT2D eigenvalue weighted by molar-refractivity contribution is 5.78. The van der Waals surface area contributed by atoms with Gasteiger partial charge in [0.15, 0.2) is 0 Å². The zero-order chi connectivity index (χ0) is 15.8. The molecule has 0 saturated heterocycles. The van der Waals surface area contributed by atoms with Gasteiger partial charge in [-0.2, -0.15) is 0 Å². The Kier molecular flexibility index (Phi) is 5.65. The van der Waals surface area contributed by atoms with Crippen molar-refractivity contribution in [2.45, 2.75) is 12.8 Å². The maximum Gasteiger partial charge on any atom is 0.142 e. The summed E-state index contributed by atoms with van der Waals surface area (Å²) in [5.41, 5.74) is 12.6. The molecule has 0 atom stereocenters. The number of benzene rings is 2. The van der Waals surface area contributed by atoms with E-state index in [-0.39, 0.29) is 5.78 Å². The third-order valence-corrected chi connectivity index (χ3v) is 3.11. The van der Waals surface area contributed by atoms with E-state index in [2.05, 4.69) is 0 Å². The van der Waals surface area contributed by atoms with Crippen molar-refractivity contribution in [1.29, 1.82) is 0 Å². The second-order valence-electron chi connectivity index (χ2n) is 4.81. The van der Waals surface area contributed by atoms with Crippen LogP contribution in [-0.2, 0) is 4.79 Å². The second-order valence-corrected chi connectivity index (χ2v) is 4.81. The van der Waals surface area contributed by atoms with Crippen molar-refractivity contribution in [1.82, 2.24) is 0 Å². The van der Waals surface area contributed by atoms with E-state index in [0.717, 1.165) is 0 Å². The molecule has 22 heavy (non-hydrogen) atoms. The molecule has 0 bridgehead atoms. The summed E-state index contributed by atoms with van der Waals surface area (Å²) in [5, 5.41) is 0. The topological polar surface area (TPSA) is 87.6 Å². The first-order chi connectivity index (χ1) is 10.7. The lowest BCUT2D eigenvalue weighted by molar-refractivity contribution is -0.120. The highest BCUT2D eigenvalue weighted by Crippen LogP contribution is 2.20. The van der Waals surface area contributed by atoms with E-state index in [1.165, 1.54) is 0 Å². The SMILES string of the molecule is Nc1ccccc1OCCC(=O)CCOc1ccccc1N. The van der Waals surface area contributed by atoms with Crippen molar-refractivity contribution in [3.8, 4) is 11.5 Å². The molecule has 0 fully saturated rings. The van der Waals surface area contributed by atoms with Gasteiger partial charge >= 0.3 is 0 Å². The zero-order valence-corrected chi connectivity index (χ0v) is 12.3. The Balaban J connectivity index is 1.66. The predicted molar refractivity (Wildman–Crippen MR) is 86.9 cm³/mol. The third-order valence-electron chi connectivity index (χ3n) is 3.11. The summed E-state index contributed by atoms with van der Waals surface area (Å²) in [6, 6.07) is 14.4. The number of anilines is 2. The van der Waals surface area contributed by atoms with Gasteiger partial charge in [-0.15, -0.1) is 0 Å². The van der Waals surface area contributed by atoms with E-state index in [4.69, 9.17) is 20.9 Å². The molecule has 4 N–H and O–H groups in total. The lowest BCUT2D eigenvalue weighted by Crippen LogP contribution is -2.11. The van der Waals surface area contributed by atoms with Gasteiger partial charge in [0.25, 0.3) is 0 Å². The fourth-order valence-corrected chi connectivity index (χ4v) is 1.90. The summed E-state index contributed by atoms with van der Waals surface area (Å²) in [5.74, 6) is 1.27. The minimum absolute atomic E-state index is 0.0732. The van der Waals surface area contributed by atoms with E-state index in [0.29, 0.717) is 48.9 Å². The summed E-state index contributed by atoms with van der Waals surface area (Å²) >= 11 is 0. The minimum Gasteiger partial charge on any atom is -0.491 e. The van der Waals surface area contributed by atoms with Gasteiger partial charge in [0.2, 0.25) is 0 Å². The summed E-state index contributed by atoms with van der Waals surface area (Å²) in [6.07, 6.45) is 0.643. The van der Waals surface area contributed by atoms with Gasteiger partial charge in [-0.1, -0.05) is 24.3 Å². The van der Waals surface area contributed by atoms with Crippen LogP contribution in [0.5, 0.6) is 11.5 Å². The Morgan fingerprint density at radius 1 is 0.773 bits per heavy atom. The van der Waals surface area contributed by atoms with Crippen LogP contribution in [0, 0.1) is 0 Å². The number of nitrogen functional groups attached to an aromatic ring is 2. The van der Waals surface area contributed by atoms with Gasteiger partial charge in [0.05, 0.1) is 24.6 Å². The Labute approximate surface area is 129 Å². The summed E-state index contributed by atoms with van der Waals surface area (Å²) < 4.78 is 11.0. The first-order valence-electron chi connectivity index (χ1n) is 7.13. The molecule has 0 aliphatic carbocycles. The average molecular weight is 300 g/mol. The normalized spacial score (nSPS) is 10.2. The van der Waals surface area contributed by atoms with Crippen molar-refractivity contribution in [2.24, 2.45) is 0 Å². The van der Waals surface area contributed by atoms with Gasteiger partial charge < -0.3 is 20.9 Å². The third kappa shape index (κ3) is 4.70. The van der Waals surface area contributed by atoms with E-state index >= 15 is 0 Å². The van der Waals surface area contributed by atoms with E-state index in [1.807, 2.05) is 24.3 Å². The van der Waals surface area contributed by atoms with Gasteiger partial charge in [0, 0.05) is 12.8 Å². The number of ether oxygens (including phenoxy) is 2. The molecule has 0 aromatic heterocycles. The molecule has 0 unspecified atom stereocenters. The van der Waals surface area contributed by atoms with Crippen LogP contribution in [0.1, 0.15) is 12.8 Å². The van der Waals surface area contributed by atoms with Crippen LogP contribution in [0.25, 0.3) is 0 Å². The van der Waals surface area contributed by atoms with Crippen LogP contribution in [0.2, 0.25) is 0 Å². The Morgan fingerprint density at radius 3 is 1.59 bits per heavy atom. The van der Waals surface area contributed by atoms with Crippen molar-refractivity contribution in [3.05, 3.63) is 48.5 Å². The number of Topliss-reactive ketones (excluding diaryl/α,β-unsaturated/α-hetero) is 1. The van der Waals surface area contributed by atoms with Crippen LogP contribution in [0.4, 0.5) is 11.4 Å². The second kappa shape index (κ2) is 7.93. The molecule has 0 radical (unpaired) electrons. The summed E-state index contributed by atoms with van der Waals surface area (Å²) in [4.78, 5) is 11.8. The van der Waals surface area contributed by atoms with Crippen molar-refractivity contribution < 1.29 is 14.3 Å². The number of hydrogen-bond acceptors (Lipinski definition) is 5. The molecule has 0 spiro atoms. The smallest absolute Gasteiger partial charge is 0.142 e. The number of carbonyl (C=O) groups is 1. The number of rotatable bonds is 8. The molecule has 0 heterocycles. The molecule has 0 aliphatic rings. The van der Waals surface area contributed by atoms with Crippen molar-refractivity contribution in [3.63, 3.8) is 0 Å². The largest absolute Gasteiger partial charge is 0.491 e. The van der Waals surface area contributed by atoms with Gasteiger partial charge in [0.1, 0.15) is 17.3 Å². The van der Waals surface area contributed by atoms with Crippen LogP contribution in [0.15, 0.2) is 48.5 Å². The summed E-state index contributed by atoms with van der Waals surface area (Å²) in [6.45, 7) is 0.612. The molecular formula is C17H20N2O3. The first kappa shape index (κ1) is 15.7. The number of carbonyl (C=O) groups excluding carboxylic acids is 1.